The molecule has 8 heteroatoms. The van der Waals surface area contributed by atoms with Crippen molar-refractivity contribution in [3.63, 3.8) is 0 Å². The van der Waals surface area contributed by atoms with Crippen molar-refractivity contribution in [2.75, 3.05) is 0 Å². The lowest BCUT2D eigenvalue weighted by Crippen LogP contribution is -2.27. The van der Waals surface area contributed by atoms with Crippen LogP contribution in [0.1, 0.15) is 12.0 Å². The van der Waals surface area contributed by atoms with Gasteiger partial charge < -0.3 is 5.32 Å². The SMILES string of the molecule is O=C(CCn1cnc2c(cnn2-c2ccccc2)c1=O)NCc1ccc(F)cc1. The zero-order valence-corrected chi connectivity index (χ0v) is 15.5. The summed E-state index contributed by atoms with van der Waals surface area (Å²) in [7, 11) is 0. The summed E-state index contributed by atoms with van der Waals surface area (Å²) >= 11 is 0. The molecule has 2 aromatic heterocycles. The highest BCUT2D eigenvalue weighted by Crippen LogP contribution is 2.13. The van der Waals surface area contributed by atoms with E-state index in [1.54, 1.807) is 16.8 Å². The van der Waals surface area contributed by atoms with Gasteiger partial charge in [-0.25, -0.2) is 14.1 Å². The second-order valence-electron chi connectivity index (χ2n) is 6.53. The van der Waals surface area contributed by atoms with Gasteiger partial charge in [0.1, 0.15) is 11.2 Å². The Bertz CT molecular complexity index is 1200. The van der Waals surface area contributed by atoms with E-state index >= 15 is 0 Å². The summed E-state index contributed by atoms with van der Waals surface area (Å²) in [6, 6.07) is 15.3. The van der Waals surface area contributed by atoms with E-state index in [2.05, 4.69) is 15.4 Å². The number of aromatic nitrogens is 4. The number of benzene rings is 2. The molecule has 0 atom stereocenters. The van der Waals surface area contributed by atoms with Crippen LogP contribution in [0.15, 0.2) is 71.9 Å². The average molecular weight is 391 g/mol. The quantitative estimate of drug-likeness (QED) is 0.547. The van der Waals surface area contributed by atoms with Crippen molar-refractivity contribution in [3.8, 4) is 5.69 Å². The summed E-state index contributed by atoms with van der Waals surface area (Å²) in [5, 5.41) is 7.42. The number of carbonyl (C=O) groups is 1. The molecule has 2 aromatic carbocycles. The van der Waals surface area contributed by atoms with Gasteiger partial charge >= 0.3 is 0 Å². The number of hydrogen-bond donors (Lipinski definition) is 1. The number of nitrogens with zero attached hydrogens (tertiary/aromatic N) is 4. The largest absolute Gasteiger partial charge is 0.352 e. The van der Waals surface area contributed by atoms with Crippen molar-refractivity contribution in [3.05, 3.63) is 88.9 Å². The number of fused-ring (bicyclic) bond motifs is 1. The molecule has 4 rings (SSSR count). The van der Waals surface area contributed by atoms with Gasteiger partial charge in [-0.1, -0.05) is 30.3 Å². The highest BCUT2D eigenvalue weighted by molar-refractivity contribution is 5.76. The highest BCUT2D eigenvalue weighted by Gasteiger charge is 2.12. The fraction of sp³-hybridized carbons (Fsp3) is 0.143. The third-order valence-corrected chi connectivity index (χ3v) is 4.54. The monoisotopic (exact) mass is 391 g/mol. The molecule has 146 valence electrons. The Balaban J connectivity index is 1.43. The van der Waals surface area contributed by atoms with Crippen molar-refractivity contribution < 1.29 is 9.18 Å². The van der Waals surface area contributed by atoms with Gasteiger partial charge in [0.2, 0.25) is 5.91 Å². The van der Waals surface area contributed by atoms with E-state index in [0.29, 0.717) is 17.6 Å². The zero-order valence-electron chi connectivity index (χ0n) is 15.5. The number of aryl methyl sites for hydroxylation is 1. The molecule has 2 heterocycles. The van der Waals surface area contributed by atoms with Gasteiger partial charge in [0.05, 0.1) is 18.2 Å². The van der Waals surface area contributed by atoms with E-state index in [1.807, 2.05) is 30.3 Å². The van der Waals surface area contributed by atoms with Gasteiger partial charge in [-0.2, -0.15) is 5.10 Å². The Hall–Kier alpha value is -3.81. The minimum absolute atomic E-state index is 0.126. The standard InChI is InChI=1S/C21H18FN5O2/c22-16-8-6-15(7-9-16)12-23-19(28)10-11-26-14-24-20-18(21(26)29)13-25-27(20)17-4-2-1-3-5-17/h1-9,13-14H,10-12H2,(H,23,28). The summed E-state index contributed by atoms with van der Waals surface area (Å²) in [6.07, 6.45) is 3.04. The number of nitrogens with one attached hydrogen (secondary N) is 1. The molecule has 0 unspecified atom stereocenters. The summed E-state index contributed by atoms with van der Waals surface area (Å²) in [5.74, 6) is -0.528. The lowest BCUT2D eigenvalue weighted by molar-refractivity contribution is -0.121. The predicted molar refractivity (Wildman–Crippen MR) is 106 cm³/mol. The smallest absolute Gasteiger partial charge is 0.264 e. The zero-order chi connectivity index (χ0) is 20.2. The molecule has 0 bridgehead atoms. The second kappa shape index (κ2) is 8.05. The van der Waals surface area contributed by atoms with Crippen LogP contribution in [0.25, 0.3) is 16.7 Å². The molecule has 1 N–H and O–H groups in total. The first-order valence-electron chi connectivity index (χ1n) is 9.11. The van der Waals surface area contributed by atoms with E-state index < -0.39 is 0 Å². The fourth-order valence-corrected chi connectivity index (χ4v) is 2.98. The average Bonchev–Trinajstić information content (AvgIpc) is 3.18. The molecule has 7 nitrogen and oxygen atoms in total. The van der Waals surface area contributed by atoms with Crippen LogP contribution in [-0.2, 0) is 17.9 Å². The summed E-state index contributed by atoms with van der Waals surface area (Å²) in [5.41, 5.74) is 1.84. The van der Waals surface area contributed by atoms with Crippen LogP contribution in [0, 0.1) is 5.82 Å². The minimum Gasteiger partial charge on any atom is -0.352 e. The van der Waals surface area contributed by atoms with Crippen LogP contribution >= 0.6 is 0 Å². The van der Waals surface area contributed by atoms with Crippen LogP contribution in [0.3, 0.4) is 0 Å². The fourth-order valence-electron chi connectivity index (χ4n) is 2.98. The Kier molecular flexibility index (Phi) is 5.15. The number of para-hydroxylation sites is 1. The molecule has 0 saturated heterocycles. The van der Waals surface area contributed by atoms with Crippen molar-refractivity contribution in [1.82, 2.24) is 24.6 Å². The molecule has 29 heavy (non-hydrogen) atoms. The molecular weight excluding hydrogens is 373 g/mol. The molecular formula is C21H18FN5O2. The number of halogens is 1. The molecule has 0 saturated carbocycles. The molecule has 1 amide bonds. The van der Waals surface area contributed by atoms with Crippen molar-refractivity contribution in [2.24, 2.45) is 0 Å². The first-order chi connectivity index (χ1) is 14.1. The molecule has 0 radical (unpaired) electrons. The molecule has 0 aliphatic carbocycles. The molecule has 0 aliphatic rings. The maximum absolute atomic E-state index is 12.9. The van der Waals surface area contributed by atoms with Crippen molar-refractivity contribution in [1.29, 1.82) is 0 Å². The van der Waals surface area contributed by atoms with Crippen molar-refractivity contribution in [2.45, 2.75) is 19.5 Å². The first kappa shape index (κ1) is 18.5. The van der Waals surface area contributed by atoms with Gasteiger partial charge in [0, 0.05) is 19.5 Å². The molecule has 0 fully saturated rings. The Morgan fingerprint density at radius 3 is 2.59 bits per heavy atom. The lowest BCUT2D eigenvalue weighted by atomic mass is 10.2. The van der Waals surface area contributed by atoms with E-state index in [1.165, 1.54) is 29.2 Å². The van der Waals surface area contributed by atoms with Crippen LogP contribution in [0.2, 0.25) is 0 Å². The van der Waals surface area contributed by atoms with E-state index in [-0.39, 0.29) is 30.2 Å². The van der Waals surface area contributed by atoms with Gasteiger partial charge in [0.25, 0.3) is 5.56 Å². The van der Waals surface area contributed by atoms with Gasteiger partial charge in [-0.15, -0.1) is 0 Å². The van der Waals surface area contributed by atoms with E-state index in [9.17, 15) is 14.0 Å². The van der Waals surface area contributed by atoms with E-state index in [0.717, 1.165) is 11.3 Å². The Morgan fingerprint density at radius 1 is 1.07 bits per heavy atom. The third-order valence-electron chi connectivity index (χ3n) is 4.54. The van der Waals surface area contributed by atoms with Crippen LogP contribution < -0.4 is 10.9 Å². The maximum atomic E-state index is 12.9. The number of amides is 1. The van der Waals surface area contributed by atoms with Crippen LogP contribution in [0.4, 0.5) is 4.39 Å². The summed E-state index contributed by atoms with van der Waals surface area (Å²) in [4.78, 5) is 29.1. The topological polar surface area (TPSA) is 81.8 Å². The van der Waals surface area contributed by atoms with Crippen LogP contribution in [0.5, 0.6) is 0 Å². The number of rotatable bonds is 6. The number of carbonyl (C=O) groups excluding carboxylic acids is 1. The predicted octanol–water partition coefficient (Wildman–Crippen LogP) is 2.43. The van der Waals surface area contributed by atoms with Gasteiger partial charge in [0.15, 0.2) is 5.65 Å². The number of hydrogen-bond acceptors (Lipinski definition) is 4. The van der Waals surface area contributed by atoms with Gasteiger partial charge in [-0.3, -0.25) is 14.2 Å². The first-order valence-corrected chi connectivity index (χ1v) is 9.11. The third kappa shape index (κ3) is 4.06. The minimum atomic E-state index is -0.321. The van der Waals surface area contributed by atoms with Crippen molar-refractivity contribution >= 4 is 16.9 Å². The Labute approximate surface area is 165 Å². The molecule has 0 aliphatic heterocycles. The molecule has 0 spiro atoms. The van der Waals surface area contributed by atoms with E-state index in [4.69, 9.17) is 0 Å². The normalized spacial score (nSPS) is 10.9. The Morgan fingerprint density at radius 2 is 1.83 bits per heavy atom. The molecule has 4 aromatic rings. The maximum Gasteiger partial charge on any atom is 0.264 e. The van der Waals surface area contributed by atoms with Gasteiger partial charge in [-0.05, 0) is 29.8 Å². The second-order valence-corrected chi connectivity index (χ2v) is 6.53. The summed E-state index contributed by atoms with van der Waals surface area (Å²) < 4.78 is 15.9. The lowest BCUT2D eigenvalue weighted by Gasteiger charge is -2.08. The summed E-state index contributed by atoms with van der Waals surface area (Å²) in [6.45, 7) is 0.503. The highest BCUT2D eigenvalue weighted by atomic mass is 19.1. The van der Waals surface area contributed by atoms with Crippen LogP contribution in [-0.4, -0.2) is 25.2 Å².